The molecule has 28 heavy (non-hydrogen) atoms. The SMILES string of the molecule is N#Cc1ccccc1S(=O)(=O)N1CCN(C(=O)c2ccc3ocnc3c2)CC1. The smallest absolute Gasteiger partial charge is 0.254 e. The third-order valence-electron chi connectivity index (χ3n) is 4.73. The fourth-order valence-corrected chi connectivity index (χ4v) is 4.79. The van der Waals surface area contributed by atoms with E-state index in [4.69, 9.17) is 4.42 Å². The van der Waals surface area contributed by atoms with Gasteiger partial charge in [-0.15, -0.1) is 0 Å². The van der Waals surface area contributed by atoms with Crippen molar-refractivity contribution in [2.45, 2.75) is 4.90 Å². The molecule has 3 aromatic rings. The van der Waals surface area contributed by atoms with Crippen LogP contribution >= 0.6 is 0 Å². The summed E-state index contributed by atoms with van der Waals surface area (Å²) in [5.41, 5.74) is 1.79. The molecule has 2 heterocycles. The number of aromatic nitrogens is 1. The van der Waals surface area contributed by atoms with Gasteiger partial charge in [-0.3, -0.25) is 4.79 Å². The molecule has 4 rings (SSSR count). The number of nitriles is 1. The molecule has 1 aliphatic heterocycles. The molecular weight excluding hydrogens is 380 g/mol. The average molecular weight is 396 g/mol. The van der Waals surface area contributed by atoms with Crippen LogP contribution in [0.4, 0.5) is 0 Å². The van der Waals surface area contributed by atoms with Gasteiger partial charge in [-0.2, -0.15) is 9.57 Å². The third-order valence-corrected chi connectivity index (χ3v) is 6.69. The molecule has 1 aromatic heterocycles. The molecule has 8 nitrogen and oxygen atoms in total. The molecule has 0 unspecified atom stereocenters. The number of hydrogen-bond acceptors (Lipinski definition) is 6. The standard InChI is InChI=1S/C19H16N4O4S/c20-12-15-3-1-2-4-18(15)28(25,26)23-9-7-22(8-10-23)19(24)14-5-6-17-16(11-14)21-13-27-17/h1-6,11,13H,7-10H2. The number of amides is 1. The van der Waals surface area contributed by atoms with Crippen LogP contribution in [0.5, 0.6) is 0 Å². The molecule has 1 saturated heterocycles. The maximum atomic E-state index is 12.9. The van der Waals surface area contributed by atoms with Crippen molar-refractivity contribution < 1.29 is 17.6 Å². The number of hydrogen-bond donors (Lipinski definition) is 0. The Hall–Kier alpha value is -3.22. The van der Waals surface area contributed by atoms with Crippen molar-refractivity contribution in [2.24, 2.45) is 0 Å². The van der Waals surface area contributed by atoms with Gasteiger partial charge in [-0.1, -0.05) is 12.1 Å². The normalized spacial score (nSPS) is 15.5. The number of rotatable bonds is 3. The number of carbonyl (C=O) groups excluding carboxylic acids is 1. The molecule has 9 heteroatoms. The Labute approximate surface area is 161 Å². The lowest BCUT2D eigenvalue weighted by molar-refractivity contribution is 0.0698. The van der Waals surface area contributed by atoms with E-state index < -0.39 is 10.0 Å². The molecule has 1 amide bonds. The Morgan fingerprint density at radius 2 is 1.86 bits per heavy atom. The summed E-state index contributed by atoms with van der Waals surface area (Å²) in [6.07, 6.45) is 1.32. The summed E-state index contributed by atoms with van der Waals surface area (Å²) in [4.78, 5) is 18.4. The minimum absolute atomic E-state index is 0.00578. The molecule has 0 aliphatic carbocycles. The average Bonchev–Trinajstić information content (AvgIpc) is 3.21. The fraction of sp³-hybridized carbons (Fsp3) is 0.211. The fourth-order valence-electron chi connectivity index (χ4n) is 3.23. The first-order valence-corrected chi connectivity index (χ1v) is 10.1. The van der Waals surface area contributed by atoms with Gasteiger partial charge in [0.2, 0.25) is 10.0 Å². The van der Waals surface area contributed by atoms with Gasteiger partial charge in [-0.05, 0) is 30.3 Å². The van der Waals surface area contributed by atoms with Crippen molar-refractivity contribution in [1.82, 2.24) is 14.2 Å². The van der Waals surface area contributed by atoms with E-state index in [1.165, 1.54) is 22.8 Å². The van der Waals surface area contributed by atoms with E-state index >= 15 is 0 Å². The van der Waals surface area contributed by atoms with E-state index in [9.17, 15) is 18.5 Å². The number of piperazine rings is 1. The van der Waals surface area contributed by atoms with E-state index in [0.29, 0.717) is 16.7 Å². The molecule has 0 bridgehead atoms. The van der Waals surface area contributed by atoms with Gasteiger partial charge in [0.25, 0.3) is 5.91 Å². The first-order valence-electron chi connectivity index (χ1n) is 8.62. The molecule has 0 saturated carbocycles. The second kappa shape index (κ2) is 7.07. The van der Waals surface area contributed by atoms with E-state index in [2.05, 4.69) is 4.98 Å². The van der Waals surface area contributed by atoms with Crippen molar-refractivity contribution >= 4 is 27.0 Å². The zero-order valence-corrected chi connectivity index (χ0v) is 15.6. The molecule has 142 valence electrons. The van der Waals surface area contributed by atoms with Gasteiger partial charge in [0.1, 0.15) is 11.6 Å². The summed E-state index contributed by atoms with van der Waals surface area (Å²) in [5, 5.41) is 9.18. The van der Waals surface area contributed by atoms with Crippen molar-refractivity contribution in [1.29, 1.82) is 5.26 Å². The Kier molecular flexibility index (Phi) is 4.58. The highest BCUT2D eigenvalue weighted by atomic mass is 32.2. The number of carbonyl (C=O) groups is 1. The van der Waals surface area contributed by atoms with Crippen LogP contribution in [0.1, 0.15) is 15.9 Å². The predicted octanol–water partition coefficient (Wildman–Crippen LogP) is 1.85. The van der Waals surface area contributed by atoms with E-state index in [0.717, 1.165) is 0 Å². The second-order valence-electron chi connectivity index (χ2n) is 6.34. The van der Waals surface area contributed by atoms with Gasteiger partial charge in [0, 0.05) is 31.7 Å². The zero-order chi connectivity index (χ0) is 19.7. The molecule has 0 atom stereocenters. The van der Waals surface area contributed by atoms with E-state index in [1.807, 2.05) is 6.07 Å². The van der Waals surface area contributed by atoms with Crippen molar-refractivity contribution in [3.8, 4) is 6.07 Å². The monoisotopic (exact) mass is 396 g/mol. The summed E-state index contributed by atoms with van der Waals surface area (Å²) < 4.78 is 32.3. The summed E-state index contributed by atoms with van der Waals surface area (Å²) in [6.45, 7) is 0.868. The van der Waals surface area contributed by atoms with Gasteiger partial charge in [-0.25, -0.2) is 13.4 Å². The number of sulfonamides is 1. The quantitative estimate of drug-likeness (QED) is 0.669. The van der Waals surface area contributed by atoms with Crippen molar-refractivity contribution in [2.75, 3.05) is 26.2 Å². The van der Waals surface area contributed by atoms with Crippen LogP contribution in [0.25, 0.3) is 11.1 Å². The largest absolute Gasteiger partial charge is 0.443 e. The van der Waals surface area contributed by atoms with Crippen LogP contribution in [0.2, 0.25) is 0 Å². The molecule has 1 aliphatic rings. The van der Waals surface area contributed by atoms with Crippen LogP contribution in [0.3, 0.4) is 0 Å². The first-order chi connectivity index (χ1) is 13.5. The third kappa shape index (κ3) is 3.13. The lowest BCUT2D eigenvalue weighted by Gasteiger charge is -2.34. The van der Waals surface area contributed by atoms with Crippen LogP contribution < -0.4 is 0 Å². The Balaban J connectivity index is 1.49. The molecule has 2 aromatic carbocycles. The predicted molar refractivity (Wildman–Crippen MR) is 99.8 cm³/mol. The summed E-state index contributed by atoms with van der Waals surface area (Å²) in [6, 6.07) is 13.1. The molecule has 1 fully saturated rings. The second-order valence-corrected chi connectivity index (χ2v) is 8.25. The van der Waals surface area contributed by atoms with Gasteiger partial charge >= 0.3 is 0 Å². The molecule has 0 radical (unpaired) electrons. The van der Waals surface area contributed by atoms with Crippen LogP contribution in [-0.2, 0) is 10.0 Å². The number of oxazole rings is 1. The van der Waals surface area contributed by atoms with Gasteiger partial charge < -0.3 is 9.32 Å². The highest BCUT2D eigenvalue weighted by molar-refractivity contribution is 7.89. The van der Waals surface area contributed by atoms with Crippen LogP contribution in [0.15, 0.2) is 58.2 Å². The van der Waals surface area contributed by atoms with E-state index in [-0.39, 0.29) is 42.5 Å². The van der Waals surface area contributed by atoms with E-state index in [1.54, 1.807) is 35.2 Å². The number of benzene rings is 2. The summed E-state index contributed by atoms with van der Waals surface area (Å²) >= 11 is 0. The first kappa shape index (κ1) is 18.2. The summed E-state index contributed by atoms with van der Waals surface area (Å²) in [7, 11) is -3.79. The van der Waals surface area contributed by atoms with Gasteiger partial charge in [0.05, 0.1) is 10.5 Å². The highest BCUT2D eigenvalue weighted by Gasteiger charge is 2.31. The topological polar surface area (TPSA) is 108 Å². The number of nitrogens with zero attached hydrogens (tertiary/aromatic N) is 4. The van der Waals surface area contributed by atoms with Crippen LogP contribution in [0, 0.1) is 11.3 Å². The lowest BCUT2D eigenvalue weighted by atomic mass is 10.1. The Morgan fingerprint density at radius 1 is 1.11 bits per heavy atom. The minimum atomic E-state index is -3.79. The maximum absolute atomic E-state index is 12.9. The Bertz CT molecular complexity index is 1190. The zero-order valence-electron chi connectivity index (χ0n) is 14.8. The molecule has 0 N–H and O–H groups in total. The minimum Gasteiger partial charge on any atom is -0.443 e. The van der Waals surface area contributed by atoms with Crippen molar-refractivity contribution in [3.63, 3.8) is 0 Å². The van der Waals surface area contributed by atoms with Crippen LogP contribution in [-0.4, -0.2) is 54.7 Å². The number of fused-ring (bicyclic) bond motifs is 1. The lowest BCUT2D eigenvalue weighted by Crippen LogP contribution is -2.50. The molecule has 0 spiro atoms. The molecular formula is C19H16N4O4S. The van der Waals surface area contributed by atoms with Gasteiger partial charge in [0.15, 0.2) is 12.0 Å². The van der Waals surface area contributed by atoms with Crippen molar-refractivity contribution in [3.05, 3.63) is 60.0 Å². The Morgan fingerprint density at radius 3 is 2.61 bits per heavy atom. The summed E-state index contributed by atoms with van der Waals surface area (Å²) in [5.74, 6) is -0.181. The maximum Gasteiger partial charge on any atom is 0.254 e. The highest BCUT2D eigenvalue weighted by Crippen LogP contribution is 2.22.